The van der Waals surface area contributed by atoms with E-state index in [-0.39, 0.29) is 30.2 Å². The summed E-state index contributed by atoms with van der Waals surface area (Å²) >= 11 is 9.68. The molecule has 0 atom stereocenters. The molecule has 10 heteroatoms. The lowest BCUT2D eigenvalue weighted by Gasteiger charge is -2.14. The number of furan rings is 1. The van der Waals surface area contributed by atoms with Crippen molar-refractivity contribution in [1.82, 2.24) is 5.32 Å². The smallest absolute Gasteiger partial charge is 0.349 e. The quantitative estimate of drug-likeness (QED) is 0.136. The monoisotopic (exact) mass is 586 g/mol. The molecule has 1 aromatic heterocycles. The number of hydrogen-bond acceptors (Lipinski definition) is 7. The average Bonchev–Trinajstić information content (AvgIpc) is 3.41. The van der Waals surface area contributed by atoms with Gasteiger partial charge in [-0.2, -0.15) is 5.26 Å². The van der Waals surface area contributed by atoms with Crippen LogP contribution in [0.4, 0.5) is 0 Å². The SMILES string of the molecule is CCOc1cc(/C=C(\C#N)C(=O)NCc2ccco2)ccc1OC(=O)COc1cc(C)c(Cl)c(C)c1Br. The highest BCUT2D eigenvalue weighted by molar-refractivity contribution is 9.10. The Morgan fingerprint density at radius 3 is 2.62 bits per heavy atom. The molecule has 0 unspecified atom stereocenters. The number of aryl methyl sites for hydroxylation is 1. The molecule has 1 amide bonds. The molecule has 37 heavy (non-hydrogen) atoms. The lowest BCUT2D eigenvalue weighted by atomic mass is 10.1. The standard InChI is InChI=1S/C27H24BrClN2O6/c1-4-34-22-12-18(11-19(13-30)27(33)31-14-20-6-5-9-35-20)7-8-21(22)37-24(32)15-36-23-10-16(2)26(29)17(3)25(23)28/h5-12H,4,14-15H2,1-3H3,(H,31,33)/b19-11+. The summed E-state index contributed by atoms with van der Waals surface area (Å²) in [6, 6.07) is 11.7. The predicted octanol–water partition coefficient (Wildman–Crippen LogP) is 5.92. The summed E-state index contributed by atoms with van der Waals surface area (Å²) in [6.07, 6.45) is 2.91. The second-order valence-corrected chi connectivity index (χ2v) is 8.95. The van der Waals surface area contributed by atoms with Gasteiger partial charge in [-0.3, -0.25) is 4.79 Å². The van der Waals surface area contributed by atoms with Crippen molar-refractivity contribution >= 4 is 45.5 Å². The molecule has 0 aliphatic carbocycles. The minimum Gasteiger partial charge on any atom is -0.490 e. The summed E-state index contributed by atoms with van der Waals surface area (Å²) in [4.78, 5) is 24.9. The van der Waals surface area contributed by atoms with Gasteiger partial charge in [0, 0.05) is 5.02 Å². The second-order valence-electron chi connectivity index (χ2n) is 7.78. The van der Waals surface area contributed by atoms with E-state index in [9.17, 15) is 14.9 Å². The number of halogens is 2. The third kappa shape index (κ3) is 7.38. The molecule has 0 aliphatic heterocycles. The van der Waals surface area contributed by atoms with Crippen LogP contribution in [0.3, 0.4) is 0 Å². The summed E-state index contributed by atoms with van der Waals surface area (Å²) in [5.41, 5.74) is 2.03. The molecule has 0 fully saturated rings. The van der Waals surface area contributed by atoms with Crippen LogP contribution in [0.5, 0.6) is 17.2 Å². The maximum atomic E-state index is 12.5. The van der Waals surface area contributed by atoms with Crippen LogP contribution in [0.25, 0.3) is 6.08 Å². The fraction of sp³-hybridized carbons (Fsp3) is 0.222. The number of hydrogen-bond donors (Lipinski definition) is 1. The summed E-state index contributed by atoms with van der Waals surface area (Å²) in [5, 5.41) is 12.7. The number of rotatable bonds is 10. The number of benzene rings is 2. The third-order valence-electron chi connectivity index (χ3n) is 5.08. The van der Waals surface area contributed by atoms with Gasteiger partial charge >= 0.3 is 5.97 Å². The molecule has 0 saturated carbocycles. The van der Waals surface area contributed by atoms with Crippen molar-refractivity contribution in [3.63, 3.8) is 0 Å². The van der Waals surface area contributed by atoms with Crippen molar-refractivity contribution in [2.24, 2.45) is 0 Å². The zero-order valence-corrected chi connectivity index (χ0v) is 22.7. The molecule has 0 bridgehead atoms. The molecular formula is C27H24BrClN2O6. The van der Waals surface area contributed by atoms with Gasteiger partial charge in [0.15, 0.2) is 18.1 Å². The number of nitrogens with zero attached hydrogens (tertiary/aromatic N) is 1. The molecule has 1 N–H and O–H groups in total. The van der Waals surface area contributed by atoms with E-state index in [2.05, 4.69) is 21.2 Å². The van der Waals surface area contributed by atoms with Gasteiger partial charge in [-0.05, 0) is 89.8 Å². The Kier molecular flexibility index (Phi) is 9.78. The summed E-state index contributed by atoms with van der Waals surface area (Å²) in [5.74, 6) is 0.289. The Morgan fingerprint density at radius 1 is 1.16 bits per heavy atom. The van der Waals surface area contributed by atoms with Crippen molar-refractivity contribution in [2.75, 3.05) is 13.2 Å². The van der Waals surface area contributed by atoms with Crippen molar-refractivity contribution in [3.8, 4) is 23.3 Å². The van der Waals surface area contributed by atoms with Gasteiger partial charge in [0.05, 0.1) is 23.9 Å². The number of esters is 1. The Bertz CT molecular complexity index is 1360. The van der Waals surface area contributed by atoms with Crippen LogP contribution >= 0.6 is 27.5 Å². The molecule has 8 nitrogen and oxygen atoms in total. The Hall–Kier alpha value is -3.74. The molecule has 0 radical (unpaired) electrons. The van der Waals surface area contributed by atoms with E-state index in [0.717, 1.165) is 11.1 Å². The molecule has 0 spiro atoms. The van der Waals surface area contributed by atoms with E-state index in [1.165, 1.54) is 18.4 Å². The molecule has 192 valence electrons. The largest absolute Gasteiger partial charge is 0.490 e. The van der Waals surface area contributed by atoms with Gasteiger partial charge in [-0.25, -0.2) is 4.79 Å². The van der Waals surface area contributed by atoms with Crippen LogP contribution in [0.2, 0.25) is 5.02 Å². The zero-order chi connectivity index (χ0) is 26.9. The highest BCUT2D eigenvalue weighted by Crippen LogP contribution is 2.36. The number of amides is 1. The van der Waals surface area contributed by atoms with Crippen LogP contribution in [0.15, 0.2) is 57.1 Å². The van der Waals surface area contributed by atoms with Gasteiger partial charge in [0.25, 0.3) is 5.91 Å². The van der Waals surface area contributed by atoms with Gasteiger partial charge in [-0.1, -0.05) is 17.7 Å². The fourth-order valence-electron chi connectivity index (χ4n) is 3.25. The minimum absolute atomic E-state index is 0.105. The van der Waals surface area contributed by atoms with Crippen LogP contribution in [-0.4, -0.2) is 25.1 Å². The Balaban J connectivity index is 1.70. The van der Waals surface area contributed by atoms with Gasteiger partial charge in [0.2, 0.25) is 0 Å². The number of nitrogens with one attached hydrogen (secondary N) is 1. The average molecular weight is 588 g/mol. The van der Waals surface area contributed by atoms with E-state index >= 15 is 0 Å². The normalized spacial score (nSPS) is 11.0. The Labute approximate surface area is 227 Å². The molecular weight excluding hydrogens is 564 g/mol. The van der Waals surface area contributed by atoms with E-state index in [0.29, 0.717) is 33.2 Å². The zero-order valence-electron chi connectivity index (χ0n) is 20.4. The molecule has 0 saturated heterocycles. The molecule has 3 aromatic rings. The summed E-state index contributed by atoms with van der Waals surface area (Å²) in [6.45, 7) is 5.58. The van der Waals surface area contributed by atoms with E-state index in [4.69, 9.17) is 30.2 Å². The maximum absolute atomic E-state index is 12.5. The lowest BCUT2D eigenvalue weighted by Crippen LogP contribution is -2.23. The van der Waals surface area contributed by atoms with E-state index < -0.39 is 11.9 Å². The van der Waals surface area contributed by atoms with Gasteiger partial charge in [0.1, 0.15) is 23.2 Å². The third-order valence-corrected chi connectivity index (χ3v) is 6.65. The number of ether oxygens (including phenoxy) is 3. The molecule has 2 aromatic carbocycles. The first-order valence-corrected chi connectivity index (χ1v) is 12.4. The Morgan fingerprint density at radius 2 is 1.95 bits per heavy atom. The lowest BCUT2D eigenvalue weighted by molar-refractivity contribution is -0.136. The van der Waals surface area contributed by atoms with Gasteiger partial charge < -0.3 is 23.9 Å². The van der Waals surface area contributed by atoms with Crippen molar-refractivity contribution in [3.05, 3.63) is 80.2 Å². The van der Waals surface area contributed by atoms with Crippen LogP contribution < -0.4 is 19.5 Å². The van der Waals surface area contributed by atoms with E-state index in [1.54, 1.807) is 37.3 Å². The van der Waals surface area contributed by atoms with E-state index in [1.807, 2.05) is 19.9 Å². The first-order chi connectivity index (χ1) is 17.7. The number of carbonyl (C=O) groups excluding carboxylic acids is 2. The van der Waals surface area contributed by atoms with Crippen LogP contribution in [0.1, 0.15) is 29.4 Å². The summed E-state index contributed by atoms with van der Waals surface area (Å²) < 4.78 is 22.5. The highest BCUT2D eigenvalue weighted by atomic mass is 79.9. The maximum Gasteiger partial charge on any atom is 0.349 e. The number of carbonyl (C=O) groups is 2. The topological polar surface area (TPSA) is 111 Å². The first-order valence-electron chi connectivity index (χ1n) is 11.2. The first kappa shape index (κ1) is 27.8. The molecule has 0 aliphatic rings. The fourth-order valence-corrected chi connectivity index (χ4v) is 3.94. The van der Waals surface area contributed by atoms with Crippen molar-refractivity contribution in [1.29, 1.82) is 5.26 Å². The van der Waals surface area contributed by atoms with Crippen LogP contribution in [0, 0.1) is 25.2 Å². The summed E-state index contributed by atoms with van der Waals surface area (Å²) in [7, 11) is 0. The van der Waals surface area contributed by atoms with Crippen molar-refractivity contribution in [2.45, 2.75) is 27.3 Å². The van der Waals surface area contributed by atoms with Gasteiger partial charge in [-0.15, -0.1) is 0 Å². The second kappa shape index (κ2) is 13.0. The number of nitriles is 1. The molecule has 3 rings (SSSR count). The van der Waals surface area contributed by atoms with Crippen LogP contribution in [-0.2, 0) is 16.1 Å². The minimum atomic E-state index is -0.642. The predicted molar refractivity (Wildman–Crippen MR) is 142 cm³/mol. The van der Waals surface area contributed by atoms with Crippen molar-refractivity contribution < 1.29 is 28.2 Å². The molecule has 1 heterocycles. The highest BCUT2D eigenvalue weighted by Gasteiger charge is 2.16.